The van der Waals surface area contributed by atoms with Gasteiger partial charge in [-0.3, -0.25) is 9.36 Å². The lowest BCUT2D eigenvalue weighted by Crippen LogP contribution is -2.14. The molecule has 0 unspecified atom stereocenters. The molecule has 1 N–H and O–H groups in total. The summed E-state index contributed by atoms with van der Waals surface area (Å²) < 4.78 is 12.5. The minimum Gasteiger partial charge on any atom is -0.481 e. The number of fused-ring (bicyclic) bond motifs is 2. The zero-order chi connectivity index (χ0) is 39.8. The maximum absolute atomic E-state index is 12.9. The van der Waals surface area contributed by atoms with E-state index in [0.717, 1.165) is 16.5 Å². The molecule has 3 aromatic heterocycles. The lowest BCUT2D eigenvalue weighted by atomic mass is 9.99. The number of nitrogens with zero attached hydrogens (tertiary/aromatic N) is 5. The van der Waals surface area contributed by atoms with Gasteiger partial charge in [-0.2, -0.15) is 0 Å². The van der Waals surface area contributed by atoms with E-state index in [4.69, 9.17) is 22.3 Å². The van der Waals surface area contributed by atoms with E-state index in [-0.39, 0.29) is 30.8 Å². The molecule has 0 aliphatic carbocycles. The molecule has 0 fully saturated rings. The van der Waals surface area contributed by atoms with Gasteiger partial charge in [0.1, 0.15) is 24.7 Å². The number of aromatic nitrogens is 5. The fraction of sp³-hybridized carbons (Fsp3) is 0.174. The number of benzene rings is 4. The second-order valence-electron chi connectivity index (χ2n) is 13.4. The summed E-state index contributed by atoms with van der Waals surface area (Å²) in [4.78, 5) is 41.8. The van der Waals surface area contributed by atoms with Crippen LogP contribution in [0, 0.1) is 24.7 Å². The monoisotopic (exact) mass is 741 g/mol. The van der Waals surface area contributed by atoms with Crippen molar-refractivity contribution in [3.63, 3.8) is 0 Å². The Kier molecular flexibility index (Phi) is 11.8. The Balaban J connectivity index is 0.000000192. The van der Waals surface area contributed by atoms with E-state index in [2.05, 4.69) is 71.6 Å². The molecule has 0 saturated heterocycles. The molecular formula is C46H39N5O5. The van der Waals surface area contributed by atoms with Crippen molar-refractivity contribution >= 4 is 33.7 Å². The van der Waals surface area contributed by atoms with Gasteiger partial charge in [0.25, 0.3) is 5.91 Å². The van der Waals surface area contributed by atoms with E-state index >= 15 is 0 Å². The summed E-state index contributed by atoms with van der Waals surface area (Å²) in [7, 11) is 0. The van der Waals surface area contributed by atoms with E-state index in [9.17, 15) is 14.7 Å². The van der Waals surface area contributed by atoms with Gasteiger partial charge in [0.15, 0.2) is 0 Å². The van der Waals surface area contributed by atoms with Crippen molar-refractivity contribution in [2.75, 3.05) is 13.2 Å². The Morgan fingerprint density at radius 1 is 0.643 bits per heavy atom. The van der Waals surface area contributed by atoms with Gasteiger partial charge in [-0.1, -0.05) is 88.1 Å². The third-order valence-corrected chi connectivity index (χ3v) is 8.90. The van der Waals surface area contributed by atoms with Crippen molar-refractivity contribution in [3.8, 4) is 58.7 Å². The summed E-state index contributed by atoms with van der Waals surface area (Å²) in [6, 6.07) is 30.4. The normalized spacial score (nSPS) is 10.8. The molecule has 4 aromatic carbocycles. The SMILES string of the molecule is C#CCOc1ccc2nc(C(=O)O)nc(-c3ccc(C(C)C)cc3)c2c1.C#CCOc1ccc2nc(C(=O)n3cccc3)nc(-c3ccc(C(C)C)cc3)c2c1. The van der Waals surface area contributed by atoms with Gasteiger partial charge in [0, 0.05) is 34.3 Å². The molecule has 3 heterocycles. The molecule has 0 radical (unpaired) electrons. The van der Waals surface area contributed by atoms with Gasteiger partial charge in [0.05, 0.1) is 22.4 Å². The maximum Gasteiger partial charge on any atom is 0.373 e. The van der Waals surface area contributed by atoms with Crippen LogP contribution >= 0.6 is 0 Å². The van der Waals surface area contributed by atoms with E-state index in [1.54, 1.807) is 48.8 Å². The fourth-order valence-electron chi connectivity index (χ4n) is 5.91. The van der Waals surface area contributed by atoms with Crippen LogP contribution in [-0.4, -0.2) is 54.7 Å². The molecule has 0 spiro atoms. The third kappa shape index (κ3) is 8.73. The first-order chi connectivity index (χ1) is 27.1. The van der Waals surface area contributed by atoms with E-state index in [0.29, 0.717) is 51.1 Å². The van der Waals surface area contributed by atoms with Crippen LogP contribution < -0.4 is 9.47 Å². The third-order valence-electron chi connectivity index (χ3n) is 8.90. The van der Waals surface area contributed by atoms with Gasteiger partial charge in [-0.15, -0.1) is 12.8 Å². The number of rotatable bonds is 10. The average Bonchev–Trinajstić information content (AvgIpc) is 3.76. The summed E-state index contributed by atoms with van der Waals surface area (Å²) >= 11 is 0. The number of carbonyl (C=O) groups excluding carboxylic acids is 1. The summed E-state index contributed by atoms with van der Waals surface area (Å²) in [5, 5.41) is 10.8. The van der Waals surface area contributed by atoms with Crippen LogP contribution in [0.4, 0.5) is 0 Å². The first kappa shape index (κ1) is 38.4. The van der Waals surface area contributed by atoms with Crippen LogP contribution in [0.2, 0.25) is 0 Å². The highest BCUT2D eigenvalue weighted by molar-refractivity contribution is 5.99. The first-order valence-corrected chi connectivity index (χ1v) is 17.9. The molecule has 10 nitrogen and oxygen atoms in total. The highest BCUT2D eigenvalue weighted by Crippen LogP contribution is 2.32. The van der Waals surface area contributed by atoms with Gasteiger partial charge < -0.3 is 14.6 Å². The van der Waals surface area contributed by atoms with E-state index in [1.165, 1.54) is 15.7 Å². The highest BCUT2D eigenvalue weighted by atomic mass is 16.5. The van der Waals surface area contributed by atoms with Crippen molar-refractivity contribution in [1.82, 2.24) is 24.5 Å². The molecule has 0 atom stereocenters. The Morgan fingerprint density at radius 3 is 1.48 bits per heavy atom. The lowest BCUT2D eigenvalue weighted by Gasteiger charge is -2.12. The molecule has 7 rings (SSSR count). The van der Waals surface area contributed by atoms with Crippen LogP contribution in [0.1, 0.15) is 71.9 Å². The summed E-state index contributed by atoms with van der Waals surface area (Å²) in [6.07, 6.45) is 13.9. The van der Waals surface area contributed by atoms with Gasteiger partial charge >= 0.3 is 5.97 Å². The minimum atomic E-state index is -1.17. The predicted molar refractivity (Wildman–Crippen MR) is 218 cm³/mol. The minimum absolute atomic E-state index is 0.138. The van der Waals surface area contributed by atoms with E-state index < -0.39 is 5.97 Å². The zero-order valence-corrected chi connectivity index (χ0v) is 31.4. The molecule has 10 heteroatoms. The maximum atomic E-state index is 12.9. The predicted octanol–water partition coefficient (Wildman–Crippen LogP) is 9.05. The van der Waals surface area contributed by atoms with Gasteiger partial charge in [-0.25, -0.2) is 24.7 Å². The van der Waals surface area contributed by atoms with Gasteiger partial charge in [0.2, 0.25) is 11.6 Å². The number of terminal acetylenes is 2. The number of aromatic carboxylic acids is 1. The summed E-state index contributed by atoms with van der Waals surface area (Å²) in [6.45, 7) is 8.86. The topological polar surface area (TPSA) is 129 Å². The molecule has 278 valence electrons. The molecular weight excluding hydrogens is 703 g/mol. The Morgan fingerprint density at radius 2 is 1.07 bits per heavy atom. The van der Waals surface area contributed by atoms with Crippen LogP contribution in [0.25, 0.3) is 44.3 Å². The fourth-order valence-corrected chi connectivity index (χ4v) is 5.91. The largest absolute Gasteiger partial charge is 0.481 e. The summed E-state index contributed by atoms with van der Waals surface area (Å²) in [5.41, 5.74) is 6.58. The van der Waals surface area contributed by atoms with E-state index in [1.807, 2.05) is 48.5 Å². The molecule has 0 bridgehead atoms. The Hall–Kier alpha value is -7.30. The second-order valence-corrected chi connectivity index (χ2v) is 13.4. The molecule has 0 amide bonds. The highest BCUT2D eigenvalue weighted by Gasteiger charge is 2.18. The van der Waals surface area contributed by atoms with Crippen molar-refractivity contribution in [3.05, 3.63) is 132 Å². The second kappa shape index (κ2) is 17.2. The number of carboxylic acid groups (broad SMARTS) is 1. The standard InChI is InChI=1S/C25H21N3O2.C21H18N2O3/c1-4-15-30-20-11-12-22-21(16-20)23(19-9-7-18(8-10-19)17(2)3)27-24(26-22)25(29)28-13-5-6-14-28;1-4-11-26-16-9-10-18-17(12-16)19(23-20(22-18)21(24)25)15-7-5-14(6-8-15)13(2)3/h1,5-14,16-17H,15H2,2-3H3;1,5-10,12-13H,11H2,2-3H3,(H,24,25). The first-order valence-electron chi connectivity index (χ1n) is 17.9. The smallest absolute Gasteiger partial charge is 0.373 e. The van der Waals surface area contributed by atoms with Crippen LogP contribution in [-0.2, 0) is 0 Å². The van der Waals surface area contributed by atoms with Crippen LogP contribution in [0.5, 0.6) is 11.5 Å². The van der Waals surface area contributed by atoms with Crippen LogP contribution in [0.15, 0.2) is 109 Å². The molecule has 0 aliphatic heterocycles. The molecule has 56 heavy (non-hydrogen) atoms. The zero-order valence-electron chi connectivity index (χ0n) is 31.4. The van der Waals surface area contributed by atoms with Gasteiger partial charge in [-0.05, 0) is 71.5 Å². The quantitative estimate of drug-likeness (QED) is 0.137. The van der Waals surface area contributed by atoms with Crippen molar-refractivity contribution in [2.24, 2.45) is 0 Å². The number of ether oxygens (including phenoxy) is 2. The van der Waals surface area contributed by atoms with Crippen molar-refractivity contribution < 1.29 is 24.2 Å². The Bertz CT molecular complexity index is 2600. The summed E-state index contributed by atoms with van der Waals surface area (Å²) in [5.74, 6) is 5.39. The van der Waals surface area contributed by atoms with Crippen LogP contribution in [0.3, 0.4) is 0 Å². The van der Waals surface area contributed by atoms with Crippen molar-refractivity contribution in [2.45, 2.75) is 39.5 Å². The Labute approximate surface area is 325 Å². The average molecular weight is 742 g/mol. The molecule has 0 aliphatic rings. The van der Waals surface area contributed by atoms with Crippen molar-refractivity contribution in [1.29, 1.82) is 0 Å². The number of hydrogen-bond acceptors (Lipinski definition) is 8. The lowest BCUT2D eigenvalue weighted by molar-refractivity contribution is 0.0684. The number of hydrogen-bond donors (Lipinski definition) is 1. The molecule has 7 aromatic rings. The number of carboxylic acids is 1. The molecule has 0 saturated carbocycles. The number of carbonyl (C=O) groups is 2.